The van der Waals surface area contributed by atoms with Crippen molar-refractivity contribution in [3.8, 4) is 62.6 Å². The van der Waals surface area contributed by atoms with Crippen molar-refractivity contribution < 1.29 is 9.59 Å². The molecule has 0 saturated heterocycles. The lowest BCUT2D eigenvalue weighted by Crippen LogP contribution is -2.30. The number of hydrogen-bond donors (Lipinski definition) is 0. The lowest BCUT2D eigenvalue weighted by molar-refractivity contribution is 0.0926. The Labute approximate surface area is 332 Å². The number of rotatable bonds is 6. The summed E-state index contributed by atoms with van der Waals surface area (Å²) in [5.41, 5.74) is 10.2. The van der Waals surface area contributed by atoms with E-state index in [1.165, 1.54) is 4.90 Å². The zero-order valence-electron chi connectivity index (χ0n) is 30.7. The highest BCUT2D eigenvalue weighted by molar-refractivity contribution is 6.36. The summed E-state index contributed by atoms with van der Waals surface area (Å²) in [4.78, 5) is 40.1. The fourth-order valence-electron chi connectivity index (χ4n) is 7.98. The average molecular weight is 745 g/mol. The third-order valence-corrected chi connectivity index (χ3v) is 10.6. The predicted molar refractivity (Wildman–Crippen MR) is 225 cm³/mol. The van der Waals surface area contributed by atoms with Crippen molar-refractivity contribution >= 4 is 39.3 Å². The third-order valence-electron chi connectivity index (χ3n) is 10.6. The largest absolute Gasteiger partial charge is 0.308 e. The molecule has 0 N–H and O–H groups in total. The van der Waals surface area contributed by atoms with E-state index in [0.717, 1.165) is 55.2 Å². The van der Waals surface area contributed by atoms with Crippen molar-refractivity contribution in [2.75, 3.05) is 4.90 Å². The van der Waals surface area contributed by atoms with E-state index in [2.05, 4.69) is 22.1 Å². The van der Waals surface area contributed by atoms with Gasteiger partial charge < -0.3 is 4.57 Å². The quantitative estimate of drug-likeness (QED) is 0.157. The van der Waals surface area contributed by atoms with E-state index in [4.69, 9.17) is 0 Å². The fourth-order valence-corrected chi connectivity index (χ4v) is 7.98. The molecule has 0 atom stereocenters. The number of hydrogen-bond acceptors (Lipinski definition) is 6. The minimum Gasteiger partial charge on any atom is -0.308 e. The summed E-state index contributed by atoms with van der Waals surface area (Å²) in [7, 11) is 0. The standard InChI is InChI=1S/C50H28N6O2/c51-29-36-14-7-17-42(53-36)34-20-23-38-39-24-21-35(43-18-8-15-37(30-52)54-43)28-47(39)55(46(38)27-34)45-19-9-16-40-48(45)50(58)56(49(40)57)44-25-22-33(31-10-3-1-4-11-31)26-41(44)32-12-5-2-6-13-32/h1-28H. The van der Waals surface area contributed by atoms with Gasteiger partial charge in [0.15, 0.2) is 0 Å². The first-order chi connectivity index (χ1) is 28.5. The van der Waals surface area contributed by atoms with Crippen LogP contribution in [0.1, 0.15) is 32.1 Å². The minimum absolute atomic E-state index is 0.280. The fraction of sp³-hybridized carbons (Fsp3) is 0. The van der Waals surface area contributed by atoms with Gasteiger partial charge in [0.25, 0.3) is 11.8 Å². The number of aromatic nitrogens is 3. The zero-order valence-corrected chi connectivity index (χ0v) is 30.7. The summed E-state index contributed by atoms with van der Waals surface area (Å²) in [5.74, 6) is -0.849. The normalized spacial score (nSPS) is 12.1. The summed E-state index contributed by atoms with van der Waals surface area (Å²) >= 11 is 0. The molecule has 4 heterocycles. The molecule has 0 saturated carbocycles. The van der Waals surface area contributed by atoms with Gasteiger partial charge in [-0.05, 0) is 77.4 Å². The van der Waals surface area contributed by atoms with E-state index in [9.17, 15) is 15.3 Å². The Kier molecular flexibility index (Phi) is 8.04. The molecule has 2 amide bonds. The SMILES string of the molecule is N#Cc1cccc(-c2ccc3c4ccc(-c5cccc(C#N)n5)cc4n(-c4cccc5c4C(=O)N(c4ccc(-c6ccccc6)cc4-c4ccccc4)C5=O)c3c2)n1. The van der Waals surface area contributed by atoms with E-state index in [0.29, 0.717) is 39.7 Å². The highest BCUT2D eigenvalue weighted by Crippen LogP contribution is 2.43. The molecule has 0 unspecified atom stereocenters. The first-order valence-corrected chi connectivity index (χ1v) is 18.6. The number of pyridine rings is 2. The van der Waals surface area contributed by atoms with E-state index in [-0.39, 0.29) is 5.56 Å². The molecule has 10 rings (SSSR count). The van der Waals surface area contributed by atoms with Crippen LogP contribution in [-0.2, 0) is 0 Å². The van der Waals surface area contributed by atoms with Crippen LogP contribution < -0.4 is 4.90 Å². The number of nitrogens with zero attached hydrogens (tertiary/aromatic N) is 6. The van der Waals surface area contributed by atoms with Crippen LogP contribution in [0.4, 0.5) is 5.69 Å². The second-order valence-electron chi connectivity index (χ2n) is 13.9. The molecule has 8 heteroatoms. The van der Waals surface area contributed by atoms with Gasteiger partial charge in [-0.1, -0.05) is 109 Å². The van der Waals surface area contributed by atoms with E-state index >= 15 is 4.79 Å². The third kappa shape index (κ3) is 5.52. The van der Waals surface area contributed by atoms with Gasteiger partial charge in [-0.2, -0.15) is 10.5 Å². The van der Waals surface area contributed by atoms with Crippen LogP contribution in [0, 0.1) is 22.7 Å². The van der Waals surface area contributed by atoms with Crippen molar-refractivity contribution in [2.45, 2.75) is 0 Å². The number of fused-ring (bicyclic) bond motifs is 4. The average Bonchev–Trinajstić information content (AvgIpc) is 3.75. The maximum Gasteiger partial charge on any atom is 0.268 e. The summed E-state index contributed by atoms with van der Waals surface area (Å²) in [6.45, 7) is 0. The van der Waals surface area contributed by atoms with Crippen LogP contribution in [0.2, 0.25) is 0 Å². The van der Waals surface area contributed by atoms with Crippen LogP contribution >= 0.6 is 0 Å². The molecule has 0 bridgehead atoms. The highest BCUT2D eigenvalue weighted by atomic mass is 16.2. The van der Waals surface area contributed by atoms with Gasteiger partial charge in [0, 0.05) is 27.5 Å². The van der Waals surface area contributed by atoms with Gasteiger partial charge in [0.2, 0.25) is 0 Å². The summed E-state index contributed by atoms with van der Waals surface area (Å²) in [6.07, 6.45) is 0. The molecular formula is C50H28N6O2. The van der Waals surface area contributed by atoms with Crippen molar-refractivity contribution in [2.24, 2.45) is 0 Å². The predicted octanol–water partition coefficient (Wildman–Crippen LogP) is 10.8. The Morgan fingerprint density at radius 2 is 0.983 bits per heavy atom. The molecule has 9 aromatic rings. The minimum atomic E-state index is -0.436. The molecule has 0 spiro atoms. The number of amides is 2. The zero-order chi connectivity index (χ0) is 39.3. The molecule has 0 radical (unpaired) electrons. The maximum atomic E-state index is 15.1. The second kappa shape index (κ2) is 13.7. The smallest absolute Gasteiger partial charge is 0.268 e. The van der Waals surface area contributed by atoms with Crippen LogP contribution in [0.25, 0.3) is 72.3 Å². The monoisotopic (exact) mass is 744 g/mol. The molecule has 0 aliphatic carbocycles. The van der Waals surface area contributed by atoms with Gasteiger partial charge >= 0.3 is 0 Å². The number of anilines is 1. The van der Waals surface area contributed by atoms with Crippen LogP contribution in [0.3, 0.4) is 0 Å². The van der Waals surface area contributed by atoms with Gasteiger partial charge in [-0.3, -0.25) is 9.59 Å². The molecule has 3 aromatic heterocycles. The van der Waals surface area contributed by atoms with Crippen molar-refractivity contribution in [1.29, 1.82) is 10.5 Å². The molecule has 270 valence electrons. The van der Waals surface area contributed by atoms with Crippen molar-refractivity contribution in [3.05, 3.63) is 192 Å². The first kappa shape index (κ1) is 34.1. The Bertz CT molecular complexity index is 3130. The van der Waals surface area contributed by atoms with E-state index in [1.807, 2.05) is 138 Å². The topological polar surface area (TPSA) is 116 Å². The van der Waals surface area contributed by atoms with Crippen LogP contribution in [0.15, 0.2) is 170 Å². The summed E-state index contributed by atoms with van der Waals surface area (Å²) in [5, 5.41) is 21.0. The Morgan fingerprint density at radius 1 is 0.431 bits per heavy atom. The van der Waals surface area contributed by atoms with Crippen molar-refractivity contribution in [1.82, 2.24) is 14.5 Å². The Morgan fingerprint density at radius 3 is 1.57 bits per heavy atom. The number of imide groups is 1. The van der Waals surface area contributed by atoms with E-state index < -0.39 is 11.8 Å². The molecule has 6 aromatic carbocycles. The molecule has 1 aliphatic heterocycles. The van der Waals surface area contributed by atoms with Gasteiger partial charge in [0.1, 0.15) is 23.5 Å². The summed E-state index contributed by atoms with van der Waals surface area (Å²) in [6, 6.07) is 57.9. The number of carbonyl (C=O) groups is 2. The van der Waals surface area contributed by atoms with Crippen LogP contribution in [0.5, 0.6) is 0 Å². The lowest BCUT2D eigenvalue weighted by atomic mass is 9.97. The van der Waals surface area contributed by atoms with E-state index in [1.54, 1.807) is 36.4 Å². The molecule has 1 aliphatic rings. The molecular weight excluding hydrogens is 717 g/mol. The highest BCUT2D eigenvalue weighted by Gasteiger charge is 2.40. The number of nitriles is 2. The first-order valence-electron chi connectivity index (χ1n) is 18.6. The number of benzene rings is 6. The van der Waals surface area contributed by atoms with Crippen molar-refractivity contribution in [3.63, 3.8) is 0 Å². The maximum absolute atomic E-state index is 15.1. The van der Waals surface area contributed by atoms with Gasteiger partial charge in [0.05, 0.1) is 44.9 Å². The molecule has 8 nitrogen and oxygen atoms in total. The lowest BCUT2D eigenvalue weighted by Gasteiger charge is -2.20. The van der Waals surface area contributed by atoms with Crippen LogP contribution in [-0.4, -0.2) is 26.3 Å². The molecule has 0 fully saturated rings. The number of carbonyl (C=O) groups excluding carboxylic acids is 2. The Balaban J connectivity index is 1.20. The summed E-state index contributed by atoms with van der Waals surface area (Å²) < 4.78 is 2.02. The second-order valence-corrected chi connectivity index (χ2v) is 13.9. The Hall–Kier alpha value is -8.46. The van der Waals surface area contributed by atoms with Gasteiger partial charge in [-0.25, -0.2) is 14.9 Å². The molecule has 58 heavy (non-hydrogen) atoms. The van der Waals surface area contributed by atoms with Gasteiger partial charge in [-0.15, -0.1) is 0 Å².